The first-order valence-corrected chi connectivity index (χ1v) is 4.16. The van der Waals surface area contributed by atoms with Crippen LogP contribution in [0.2, 0.25) is 0 Å². The zero-order chi connectivity index (χ0) is 13.2. The Morgan fingerprint density at radius 2 is 2.18 bits per heavy atom. The fourth-order valence-electron chi connectivity index (χ4n) is 1.11. The van der Waals surface area contributed by atoms with Gasteiger partial charge in [0.25, 0.3) is 6.43 Å². The quantitative estimate of drug-likeness (QED) is 0.488. The Morgan fingerprint density at radius 1 is 1.59 bits per heavy atom. The molecule has 0 saturated heterocycles. The third-order valence-electron chi connectivity index (χ3n) is 1.87. The minimum Gasteiger partial charge on any atom is -0.465 e. The molecule has 0 aromatic carbocycles. The van der Waals surface area contributed by atoms with Crippen molar-refractivity contribution >= 4 is 11.8 Å². The van der Waals surface area contributed by atoms with Gasteiger partial charge in [0.05, 0.1) is 7.11 Å². The number of alkyl halides is 2. The number of hydrogen-bond donors (Lipinski definition) is 1. The predicted molar refractivity (Wildman–Crippen MR) is 50.0 cm³/mol. The Balaban J connectivity index is 3.53. The molecule has 0 amide bonds. The van der Waals surface area contributed by atoms with Crippen molar-refractivity contribution in [3.63, 3.8) is 0 Å². The van der Waals surface area contributed by atoms with E-state index in [1.54, 1.807) is 4.98 Å². The molecule has 9 heteroatoms. The van der Waals surface area contributed by atoms with Crippen LogP contribution in [0, 0.1) is 10.1 Å². The number of esters is 1. The van der Waals surface area contributed by atoms with E-state index in [1.807, 2.05) is 0 Å². The van der Waals surface area contributed by atoms with Crippen LogP contribution in [-0.4, -0.2) is 23.0 Å². The smallest absolute Gasteiger partial charge is 0.346 e. The molecule has 0 aliphatic carbocycles. The fourth-order valence-corrected chi connectivity index (χ4v) is 1.11. The maximum Gasteiger partial charge on any atom is 0.346 e. The molecule has 1 aromatic rings. The Labute approximate surface area is 92.2 Å². The number of hydrogen-bond acceptors (Lipinski definition) is 5. The minimum atomic E-state index is -3.15. The zero-order valence-corrected chi connectivity index (χ0v) is 8.40. The van der Waals surface area contributed by atoms with Gasteiger partial charge in [-0.05, 0) is 11.0 Å². The number of H-pyrrole nitrogens is 1. The standard InChI is InChI=1S/C8H6F2N2O5/c1-17-8(14)4-2-3(5(9)10)7(13)11-6(4)12(15)16/h2,5H,1H3,(H,11,13). The molecule has 1 rings (SSSR count). The average molecular weight is 248 g/mol. The first-order valence-electron chi connectivity index (χ1n) is 4.16. The molecule has 0 fully saturated rings. The minimum absolute atomic E-state index is 0.452. The largest absolute Gasteiger partial charge is 0.465 e. The molecule has 0 saturated carbocycles. The van der Waals surface area contributed by atoms with E-state index in [0.717, 1.165) is 7.11 Å². The van der Waals surface area contributed by atoms with Crippen LogP contribution in [0.3, 0.4) is 0 Å². The molecule has 0 aliphatic rings. The highest BCUT2D eigenvalue weighted by molar-refractivity contribution is 5.93. The highest BCUT2D eigenvalue weighted by Gasteiger charge is 2.26. The maximum absolute atomic E-state index is 12.4. The van der Waals surface area contributed by atoms with Gasteiger partial charge in [0, 0.05) is 0 Å². The molecule has 1 heterocycles. The lowest BCUT2D eigenvalue weighted by atomic mass is 10.2. The van der Waals surface area contributed by atoms with Crippen molar-refractivity contribution in [2.45, 2.75) is 6.43 Å². The molecule has 17 heavy (non-hydrogen) atoms. The number of carbonyl (C=O) groups is 1. The van der Waals surface area contributed by atoms with Gasteiger partial charge >= 0.3 is 17.3 Å². The zero-order valence-electron chi connectivity index (χ0n) is 8.40. The van der Waals surface area contributed by atoms with Crippen molar-refractivity contribution in [2.24, 2.45) is 0 Å². The molecule has 0 aliphatic heterocycles. The number of aromatic amines is 1. The molecule has 1 N–H and O–H groups in total. The van der Waals surface area contributed by atoms with Gasteiger partial charge in [-0.25, -0.2) is 23.4 Å². The Hall–Kier alpha value is -2.32. The third-order valence-corrected chi connectivity index (χ3v) is 1.87. The van der Waals surface area contributed by atoms with Crippen LogP contribution in [0.1, 0.15) is 22.3 Å². The SMILES string of the molecule is COC(=O)c1cc(C(F)F)c(=O)[nH]c1[N+](=O)[O-]. The molecule has 92 valence electrons. The summed E-state index contributed by atoms with van der Waals surface area (Å²) in [6, 6.07) is 0.452. The third kappa shape index (κ3) is 2.44. The number of rotatable bonds is 3. The van der Waals surface area contributed by atoms with Gasteiger partial charge < -0.3 is 14.9 Å². The van der Waals surface area contributed by atoms with E-state index in [2.05, 4.69) is 4.74 Å². The molecular formula is C8H6F2N2O5. The van der Waals surface area contributed by atoms with E-state index >= 15 is 0 Å². The second-order valence-electron chi connectivity index (χ2n) is 2.87. The Morgan fingerprint density at radius 3 is 2.59 bits per heavy atom. The molecule has 0 radical (unpaired) electrons. The van der Waals surface area contributed by atoms with Crippen molar-refractivity contribution in [1.29, 1.82) is 0 Å². The van der Waals surface area contributed by atoms with E-state index in [9.17, 15) is 28.5 Å². The van der Waals surface area contributed by atoms with Crippen molar-refractivity contribution < 1.29 is 23.2 Å². The van der Waals surface area contributed by atoms with Crippen molar-refractivity contribution in [1.82, 2.24) is 4.98 Å². The highest BCUT2D eigenvalue weighted by atomic mass is 19.3. The summed E-state index contributed by atoms with van der Waals surface area (Å²) >= 11 is 0. The molecule has 0 spiro atoms. The predicted octanol–water partition coefficient (Wildman–Crippen LogP) is 1.01. The normalized spacial score (nSPS) is 10.4. The average Bonchev–Trinajstić information content (AvgIpc) is 2.26. The van der Waals surface area contributed by atoms with Crippen LogP contribution in [-0.2, 0) is 4.74 Å². The topological polar surface area (TPSA) is 102 Å². The summed E-state index contributed by atoms with van der Waals surface area (Å²) in [5.74, 6) is -2.17. The van der Waals surface area contributed by atoms with E-state index in [4.69, 9.17) is 0 Å². The second-order valence-corrected chi connectivity index (χ2v) is 2.87. The molecular weight excluding hydrogens is 242 g/mol. The van der Waals surface area contributed by atoms with Crippen molar-refractivity contribution in [3.8, 4) is 0 Å². The monoisotopic (exact) mass is 248 g/mol. The Bertz CT molecular complexity index is 525. The first kappa shape index (κ1) is 12.7. The summed E-state index contributed by atoms with van der Waals surface area (Å²) in [6.45, 7) is 0. The second kappa shape index (κ2) is 4.68. The lowest BCUT2D eigenvalue weighted by Crippen LogP contribution is -2.19. The van der Waals surface area contributed by atoms with E-state index in [1.165, 1.54) is 0 Å². The maximum atomic E-state index is 12.4. The van der Waals surface area contributed by atoms with Gasteiger partial charge in [-0.3, -0.25) is 0 Å². The fraction of sp³-hybridized carbons (Fsp3) is 0.250. The molecule has 0 atom stereocenters. The summed E-state index contributed by atoms with van der Waals surface area (Å²) in [6.07, 6.45) is -3.15. The number of ether oxygens (including phenoxy) is 1. The van der Waals surface area contributed by atoms with Crippen molar-refractivity contribution in [2.75, 3.05) is 7.11 Å². The van der Waals surface area contributed by atoms with Crippen LogP contribution < -0.4 is 5.56 Å². The van der Waals surface area contributed by atoms with Gasteiger partial charge in [0.1, 0.15) is 5.56 Å². The van der Waals surface area contributed by atoms with E-state index in [0.29, 0.717) is 6.07 Å². The number of aromatic nitrogens is 1. The number of methoxy groups -OCH3 is 1. The van der Waals surface area contributed by atoms with Gasteiger partial charge in [-0.2, -0.15) is 0 Å². The number of pyridine rings is 1. The number of nitrogens with zero attached hydrogens (tertiary/aromatic N) is 1. The highest BCUT2D eigenvalue weighted by Crippen LogP contribution is 2.21. The number of nitro groups is 1. The number of nitrogens with one attached hydrogen (secondary N) is 1. The molecule has 0 unspecified atom stereocenters. The lowest BCUT2D eigenvalue weighted by molar-refractivity contribution is -0.390. The van der Waals surface area contributed by atoms with Crippen LogP contribution in [0.25, 0.3) is 0 Å². The number of halogens is 2. The van der Waals surface area contributed by atoms with Gasteiger partial charge in [0.15, 0.2) is 5.56 Å². The summed E-state index contributed by atoms with van der Waals surface area (Å²) < 4.78 is 28.9. The van der Waals surface area contributed by atoms with Crippen LogP contribution in [0.4, 0.5) is 14.6 Å². The van der Waals surface area contributed by atoms with E-state index in [-0.39, 0.29) is 0 Å². The van der Waals surface area contributed by atoms with Crippen LogP contribution in [0.15, 0.2) is 10.9 Å². The lowest BCUT2D eigenvalue weighted by Gasteiger charge is -2.03. The van der Waals surface area contributed by atoms with E-state index < -0.39 is 39.8 Å². The van der Waals surface area contributed by atoms with Crippen LogP contribution in [0.5, 0.6) is 0 Å². The summed E-state index contributed by atoms with van der Waals surface area (Å²) in [7, 11) is 0.930. The molecule has 7 nitrogen and oxygen atoms in total. The number of carbonyl (C=O) groups excluding carboxylic acids is 1. The van der Waals surface area contributed by atoms with Crippen LogP contribution >= 0.6 is 0 Å². The Kier molecular flexibility index (Phi) is 3.51. The molecule has 1 aromatic heterocycles. The summed E-state index contributed by atoms with van der Waals surface area (Å²) in [5.41, 5.74) is -3.08. The summed E-state index contributed by atoms with van der Waals surface area (Å²) in [4.78, 5) is 33.2. The van der Waals surface area contributed by atoms with Crippen molar-refractivity contribution in [3.05, 3.63) is 37.7 Å². The summed E-state index contributed by atoms with van der Waals surface area (Å²) in [5, 5.41) is 10.5. The van der Waals surface area contributed by atoms with Gasteiger partial charge in [-0.15, -0.1) is 0 Å². The first-order chi connectivity index (χ1) is 7.88. The molecule has 0 bridgehead atoms. The van der Waals surface area contributed by atoms with Gasteiger partial charge in [-0.1, -0.05) is 0 Å². The van der Waals surface area contributed by atoms with Gasteiger partial charge in [0.2, 0.25) is 0 Å².